The summed E-state index contributed by atoms with van der Waals surface area (Å²) in [6, 6.07) is -0.537. The summed E-state index contributed by atoms with van der Waals surface area (Å²) in [7, 11) is -1.60. The third-order valence-corrected chi connectivity index (χ3v) is 5.32. The lowest BCUT2D eigenvalue weighted by atomic mass is 9.82. The topological polar surface area (TPSA) is 77.9 Å². The number of aliphatic hydroxyl groups excluding tert-OH is 1. The van der Waals surface area contributed by atoms with Gasteiger partial charge in [-0.2, -0.15) is 4.31 Å². The number of carbonyl (C=O) groups is 1. The first kappa shape index (κ1) is 14.7. The van der Waals surface area contributed by atoms with Gasteiger partial charge in [-0.25, -0.2) is 8.42 Å². The molecule has 0 aromatic rings. The van der Waals surface area contributed by atoms with Crippen molar-refractivity contribution in [2.75, 3.05) is 26.4 Å². The Morgan fingerprint density at radius 3 is 2.58 bits per heavy atom. The highest BCUT2D eigenvalue weighted by Gasteiger charge is 2.39. The fourth-order valence-electron chi connectivity index (χ4n) is 2.97. The van der Waals surface area contributed by atoms with Crippen LogP contribution in [0.2, 0.25) is 0 Å². The van der Waals surface area contributed by atoms with Crippen LogP contribution in [-0.4, -0.2) is 67.2 Å². The van der Waals surface area contributed by atoms with E-state index in [1.165, 1.54) is 4.31 Å². The lowest BCUT2D eigenvalue weighted by Gasteiger charge is -2.35. The van der Waals surface area contributed by atoms with Gasteiger partial charge in [0.05, 0.1) is 12.4 Å². The average Bonchev–Trinajstić information content (AvgIpc) is 2.74. The van der Waals surface area contributed by atoms with Gasteiger partial charge in [0.15, 0.2) is 0 Å². The van der Waals surface area contributed by atoms with Crippen molar-refractivity contribution in [3.8, 4) is 0 Å². The molecule has 0 aromatic heterocycles. The van der Waals surface area contributed by atoms with Crippen LogP contribution >= 0.6 is 0 Å². The number of rotatable bonds is 4. The van der Waals surface area contributed by atoms with Gasteiger partial charge < -0.3 is 10.0 Å². The quantitative estimate of drug-likeness (QED) is 0.767. The molecule has 1 N–H and O–H groups in total. The van der Waals surface area contributed by atoms with Gasteiger partial charge in [0, 0.05) is 20.1 Å². The molecule has 1 amide bonds. The number of hydrogen-bond donors (Lipinski definition) is 1. The predicted octanol–water partition coefficient (Wildman–Crippen LogP) is -0.360. The molecule has 0 radical (unpaired) electrons. The molecule has 1 atom stereocenters. The maximum absolute atomic E-state index is 12.3. The Balaban J connectivity index is 1.94. The van der Waals surface area contributed by atoms with Gasteiger partial charge >= 0.3 is 0 Å². The monoisotopic (exact) mass is 290 g/mol. The lowest BCUT2D eigenvalue weighted by Crippen LogP contribution is -2.48. The molecule has 0 spiro atoms. The van der Waals surface area contributed by atoms with Crippen LogP contribution in [0, 0.1) is 5.92 Å². The van der Waals surface area contributed by atoms with Crippen LogP contribution in [0.3, 0.4) is 0 Å². The van der Waals surface area contributed by atoms with E-state index in [1.807, 2.05) is 0 Å². The Labute approximate surface area is 114 Å². The Bertz CT molecular complexity index is 445. The molecule has 2 fully saturated rings. The van der Waals surface area contributed by atoms with E-state index in [4.69, 9.17) is 0 Å². The standard InChI is InChI=1S/C12H22N2O4S/c1-13(8-9-6-10(15)7-9)12(16)11-4-3-5-14(11)19(2,17)18/h9-11,15H,3-8H2,1-2H3. The minimum atomic E-state index is -3.31. The molecule has 1 aliphatic heterocycles. The summed E-state index contributed by atoms with van der Waals surface area (Å²) in [5.41, 5.74) is 0. The number of aliphatic hydroxyl groups is 1. The molecule has 1 aliphatic carbocycles. The van der Waals surface area contributed by atoms with Crippen molar-refractivity contribution in [1.82, 2.24) is 9.21 Å². The molecule has 0 aromatic carbocycles. The van der Waals surface area contributed by atoms with E-state index in [9.17, 15) is 18.3 Å². The molecule has 110 valence electrons. The number of carbonyl (C=O) groups excluding carboxylic acids is 1. The fraction of sp³-hybridized carbons (Fsp3) is 0.917. The van der Waals surface area contributed by atoms with E-state index >= 15 is 0 Å². The predicted molar refractivity (Wildman–Crippen MR) is 70.9 cm³/mol. The van der Waals surface area contributed by atoms with Crippen molar-refractivity contribution in [3.05, 3.63) is 0 Å². The number of likely N-dealkylation sites (N-methyl/N-ethyl adjacent to an activating group) is 1. The second kappa shape index (κ2) is 5.38. The van der Waals surface area contributed by atoms with Crippen molar-refractivity contribution in [2.45, 2.75) is 37.8 Å². The molecular weight excluding hydrogens is 268 g/mol. The minimum absolute atomic E-state index is 0.121. The third-order valence-electron chi connectivity index (χ3n) is 4.03. The van der Waals surface area contributed by atoms with Crippen LogP contribution in [0.5, 0.6) is 0 Å². The van der Waals surface area contributed by atoms with Gasteiger partial charge in [0.25, 0.3) is 0 Å². The summed E-state index contributed by atoms with van der Waals surface area (Å²) in [6.45, 7) is 1.04. The van der Waals surface area contributed by atoms with E-state index < -0.39 is 16.1 Å². The lowest BCUT2D eigenvalue weighted by molar-refractivity contribution is -0.134. The summed E-state index contributed by atoms with van der Waals surface area (Å²) in [5.74, 6) is 0.223. The molecular formula is C12H22N2O4S. The van der Waals surface area contributed by atoms with E-state index in [0.717, 1.165) is 25.5 Å². The van der Waals surface area contributed by atoms with Crippen LogP contribution in [0.4, 0.5) is 0 Å². The molecule has 0 bridgehead atoms. The molecule has 2 aliphatic rings. The van der Waals surface area contributed by atoms with Gasteiger partial charge in [0.1, 0.15) is 6.04 Å². The van der Waals surface area contributed by atoms with Crippen molar-refractivity contribution in [1.29, 1.82) is 0 Å². The third kappa shape index (κ3) is 3.27. The average molecular weight is 290 g/mol. The molecule has 7 heteroatoms. The van der Waals surface area contributed by atoms with Gasteiger partial charge in [-0.1, -0.05) is 0 Å². The highest BCUT2D eigenvalue weighted by molar-refractivity contribution is 7.88. The Kier molecular flexibility index (Phi) is 4.17. The maximum Gasteiger partial charge on any atom is 0.240 e. The molecule has 1 saturated carbocycles. The van der Waals surface area contributed by atoms with Crippen LogP contribution in [-0.2, 0) is 14.8 Å². The SMILES string of the molecule is CN(CC1CC(O)C1)C(=O)C1CCCN1S(C)(=O)=O. The zero-order valence-corrected chi connectivity index (χ0v) is 12.3. The van der Waals surface area contributed by atoms with Crippen molar-refractivity contribution in [3.63, 3.8) is 0 Å². The second-order valence-corrected chi connectivity index (χ2v) is 7.68. The van der Waals surface area contributed by atoms with Crippen LogP contribution < -0.4 is 0 Å². The van der Waals surface area contributed by atoms with Crippen molar-refractivity contribution in [2.24, 2.45) is 5.92 Å². The number of hydrogen-bond acceptors (Lipinski definition) is 4. The zero-order chi connectivity index (χ0) is 14.2. The van der Waals surface area contributed by atoms with E-state index in [2.05, 4.69) is 0 Å². The molecule has 19 heavy (non-hydrogen) atoms. The summed E-state index contributed by atoms with van der Waals surface area (Å²) in [5, 5.41) is 9.24. The Morgan fingerprint density at radius 2 is 2.05 bits per heavy atom. The van der Waals surface area contributed by atoms with Gasteiger partial charge in [-0.05, 0) is 31.6 Å². The summed E-state index contributed by atoms with van der Waals surface area (Å²) in [6.07, 6.45) is 3.73. The first-order valence-electron chi connectivity index (χ1n) is 6.69. The summed E-state index contributed by atoms with van der Waals surface area (Å²) in [4.78, 5) is 13.9. The number of amides is 1. The van der Waals surface area contributed by atoms with Crippen molar-refractivity contribution >= 4 is 15.9 Å². The van der Waals surface area contributed by atoms with Crippen LogP contribution in [0.1, 0.15) is 25.7 Å². The van der Waals surface area contributed by atoms with E-state index in [1.54, 1.807) is 11.9 Å². The normalized spacial score (nSPS) is 32.1. The molecule has 1 heterocycles. The fourth-order valence-corrected chi connectivity index (χ4v) is 4.08. The summed E-state index contributed by atoms with van der Waals surface area (Å²) < 4.78 is 24.6. The molecule has 6 nitrogen and oxygen atoms in total. The number of sulfonamides is 1. The van der Waals surface area contributed by atoms with Crippen molar-refractivity contribution < 1.29 is 18.3 Å². The maximum atomic E-state index is 12.3. The largest absolute Gasteiger partial charge is 0.393 e. The first-order valence-corrected chi connectivity index (χ1v) is 8.53. The Morgan fingerprint density at radius 1 is 1.42 bits per heavy atom. The minimum Gasteiger partial charge on any atom is -0.393 e. The molecule has 1 saturated heterocycles. The molecule has 2 rings (SSSR count). The highest BCUT2D eigenvalue weighted by Crippen LogP contribution is 2.28. The van der Waals surface area contributed by atoms with Gasteiger partial charge in [-0.3, -0.25) is 4.79 Å². The van der Waals surface area contributed by atoms with Gasteiger partial charge in [0.2, 0.25) is 15.9 Å². The second-order valence-electron chi connectivity index (χ2n) is 5.74. The highest BCUT2D eigenvalue weighted by atomic mass is 32.2. The number of nitrogens with zero attached hydrogens (tertiary/aromatic N) is 2. The Hall–Kier alpha value is -0.660. The van der Waals surface area contributed by atoms with Crippen LogP contribution in [0.25, 0.3) is 0 Å². The van der Waals surface area contributed by atoms with E-state index in [-0.39, 0.29) is 12.0 Å². The van der Waals surface area contributed by atoms with E-state index in [0.29, 0.717) is 25.4 Å². The molecule has 1 unspecified atom stereocenters. The smallest absolute Gasteiger partial charge is 0.240 e. The van der Waals surface area contributed by atoms with Gasteiger partial charge in [-0.15, -0.1) is 0 Å². The zero-order valence-electron chi connectivity index (χ0n) is 11.4. The first-order chi connectivity index (χ1) is 8.79. The summed E-state index contributed by atoms with van der Waals surface area (Å²) >= 11 is 0. The van der Waals surface area contributed by atoms with Crippen LogP contribution in [0.15, 0.2) is 0 Å².